The molecule has 0 radical (unpaired) electrons. The Bertz CT molecular complexity index is 407. The molecular weight excluding hydrogens is 249 g/mol. The van der Waals surface area contributed by atoms with Crippen molar-refractivity contribution in [2.75, 3.05) is 18.8 Å². The van der Waals surface area contributed by atoms with Gasteiger partial charge in [-0.15, -0.1) is 0 Å². The van der Waals surface area contributed by atoms with E-state index in [1.165, 1.54) is 12.1 Å². The molecule has 0 unspecified atom stereocenters. The Kier molecular flexibility index (Phi) is 4.64. The average molecular weight is 267 g/mol. The molecule has 1 aliphatic heterocycles. The molecule has 1 saturated heterocycles. The molecule has 4 heteroatoms. The van der Waals surface area contributed by atoms with Crippen molar-refractivity contribution in [2.24, 2.45) is 0 Å². The van der Waals surface area contributed by atoms with Gasteiger partial charge in [-0.1, -0.05) is 19.1 Å². The predicted molar refractivity (Wildman–Crippen MR) is 73.2 cm³/mol. The van der Waals surface area contributed by atoms with Crippen LogP contribution in [0.5, 0.6) is 0 Å². The molecule has 0 N–H and O–H groups in total. The Morgan fingerprint density at radius 2 is 2.11 bits per heavy atom. The Balaban J connectivity index is 1.92. The number of thioether (sulfide) groups is 1. The predicted octanol–water partition coefficient (Wildman–Crippen LogP) is 2.72. The van der Waals surface area contributed by atoms with Gasteiger partial charge in [0.1, 0.15) is 5.82 Å². The molecule has 0 aliphatic carbocycles. The van der Waals surface area contributed by atoms with Crippen molar-refractivity contribution >= 4 is 17.7 Å². The van der Waals surface area contributed by atoms with Crippen LogP contribution in [0.25, 0.3) is 0 Å². The van der Waals surface area contributed by atoms with E-state index in [9.17, 15) is 9.18 Å². The second kappa shape index (κ2) is 6.23. The van der Waals surface area contributed by atoms with Crippen LogP contribution in [0.15, 0.2) is 24.3 Å². The zero-order chi connectivity index (χ0) is 13.0. The van der Waals surface area contributed by atoms with Gasteiger partial charge in [0.15, 0.2) is 0 Å². The molecule has 0 saturated carbocycles. The van der Waals surface area contributed by atoms with Crippen LogP contribution in [0.1, 0.15) is 18.9 Å². The normalized spacial score (nSPS) is 20.6. The lowest BCUT2D eigenvalue weighted by Gasteiger charge is -2.20. The van der Waals surface area contributed by atoms with E-state index in [1.54, 1.807) is 12.1 Å². The van der Waals surface area contributed by atoms with Crippen LogP contribution in [-0.2, 0) is 11.2 Å². The highest BCUT2D eigenvalue weighted by molar-refractivity contribution is 7.99. The van der Waals surface area contributed by atoms with E-state index < -0.39 is 0 Å². The molecule has 1 aliphatic rings. The summed E-state index contributed by atoms with van der Waals surface area (Å²) in [7, 11) is 0. The first-order valence-electron chi connectivity index (χ1n) is 6.29. The van der Waals surface area contributed by atoms with Crippen LogP contribution in [0.2, 0.25) is 0 Å². The van der Waals surface area contributed by atoms with Gasteiger partial charge in [0.05, 0.1) is 6.42 Å². The summed E-state index contributed by atoms with van der Waals surface area (Å²) in [5, 5.41) is 0.633. The maximum absolute atomic E-state index is 12.8. The SMILES string of the molecule is C[C@H]1CCN(C(=O)Cc2ccc(F)cc2)CCS1. The molecule has 0 bridgehead atoms. The standard InChI is InChI=1S/C14H18FNOS/c1-11-6-7-16(8-9-18-11)14(17)10-12-2-4-13(15)5-3-12/h2-5,11H,6-10H2,1H3/t11-/m0/s1. The van der Waals surface area contributed by atoms with E-state index in [1.807, 2.05) is 16.7 Å². The summed E-state index contributed by atoms with van der Waals surface area (Å²) in [6.07, 6.45) is 1.43. The maximum Gasteiger partial charge on any atom is 0.227 e. The highest BCUT2D eigenvalue weighted by atomic mass is 32.2. The monoisotopic (exact) mass is 267 g/mol. The summed E-state index contributed by atoms with van der Waals surface area (Å²) >= 11 is 1.92. The minimum absolute atomic E-state index is 0.149. The molecule has 2 rings (SSSR count). The molecule has 2 nitrogen and oxygen atoms in total. The number of amides is 1. The first-order chi connectivity index (χ1) is 8.65. The molecule has 98 valence electrons. The van der Waals surface area contributed by atoms with Crippen molar-refractivity contribution in [3.63, 3.8) is 0 Å². The lowest BCUT2D eigenvalue weighted by Crippen LogP contribution is -2.34. The van der Waals surface area contributed by atoms with Crippen LogP contribution in [0, 0.1) is 5.82 Å². The minimum atomic E-state index is -0.258. The molecule has 1 atom stereocenters. The van der Waals surface area contributed by atoms with E-state index in [4.69, 9.17) is 0 Å². The van der Waals surface area contributed by atoms with Crippen LogP contribution in [0.3, 0.4) is 0 Å². The number of halogens is 1. The van der Waals surface area contributed by atoms with Gasteiger partial charge in [0.2, 0.25) is 5.91 Å². The summed E-state index contributed by atoms with van der Waals surface area (Å²) in [6.45, 7) is 3.88. The van der Waals surface area contributed by atoms with Crippen molar-refractivity contribution in [3.05, 3.63) is 35.6 Å². The molecule has 0 spiro atoms. The number of carbonyl (C=O) groups excluding carboxylic acids is 1. The van der Waals surface area contributed by atoms with E-state index in [0.717, 1.165) is 30.8 Å². The zero-order valence-corrected chi connectivity index (χ0v) is 11.4. The van der Waals surface area contributed by atoms with Gasteiger partial charge in [-0.3, -0.25) is 4.79 Å². The minimum Gasteiger partial charge on any atom is -0.342 e. The summed E-state index contributed by atoms with van der Waals surface area (Å²) in [4.78, 5) is 14.1. The van der Waals surface area contributed by atoms with E-state index in [-0.39, 0.29) is 11.7 Å². The van der Waals surface area contributed by atoms with Crippen molar-refractivity contribution in [2.45, 2.75) is 25.0 Å². The summed E-state index contributed by atoms with van der Waals surface area (Å²) < 4.78 is 12.8. The topological polar surface area (TPSA) is 20.3 Å². The number of hydrogen-bond acceptors (Lipinski definition) is 2. The molecule has 1 amide bonds. The van der Waals surface area contributed by atoms with E-state index >= 15 is 0 Å². The Morgan fingerprint density at radius 3 is 2.83 bits per heavy atom. The van der Waals surface area contributed by atoms with Gasteiger partial charge in [0, 0.05) is 24.1 Å². The number of carbonyl (C=O) groups is 1. The summed E-state index contributed by atoms with van der Waals surface area (Å²) in [5.41, 5.74) is 0.881. The smallest absolute Gasteiger partial charge is 0.227 e. The van der Waals surface area contributed by atoms with Gasteiger partial charge in [-0.05, 0) is 24.1 Å². The first kappa shape index (κ1) is 13.4. The van der Waals surface area contributed by atoms with Crippen molar-refractivity contribution in [3.8, 4) is 0 Å². The third-order valence-electron chi connectivity index (χ3n) is 3.19. The third kappa shape index (κ3) is 3.73. The third-order valence-corrected chi connectivity index (χ3v) is 4.41. The number of benzene rings is 1. The van der Waals surface area contributed by atoms with Crippen LogP contribution in [0.4, 0.5) is 4.39 Å². The maximum atomic E-state index is 12.8. The molecule has 1 aromatic rings. The Hall–Kier alpha value is -1.03. The molecule has 1 heterocycles. The quantitative estimate of drug-likeness (QED) is 0.821. The zero-order valence-electron chi connectivity index (χ0n) is 10.6. The van der Waals surface area contributed by atoms with Crippen molar-refractivity contribution in [1.82, 2.24) is 4.90 Å². The number of nitrogens with zero attached hydrogens (tertiary/aromatic N) is 1. The summed E-state index contributed by atoms with van der Waals surface area (Å²) in [6, 6.07) is 6.18. The largest absolute Gasteiger partial charge is 0.342 e. The molecule has 1 aromatic carbocycles. The number of rotatable bonds is 2. The average Bonchev–Trinajstić information content (AvgIpc) is 2.57. The molecule has 18 heavy (non-hydrogen) atoms. The highest BCUT2D eigenvalue weighted by Crippen LogP contribution is 2.19. The lowest BCUT2D eigenvalue weighted by atomic mass is 10.1. The van der Waals surface area contributed by atoms with Gasteiger partial charge in [-0.25, -0.2) is 4.39 Å². The van der Waals surface area contributed by atoms with Crippen LogP contribution >= 0.6 is 11.8 Å². The fraction of sp³-hybridized carbons (Fsp3) is 0.500. The molecule has 0 aromatic heterocycles. The van der Waals surface area contributed by atoms with Gasteiger partial charge in [-0.2, -0.15) is 11.8 Å². The Morgan fingerprint density at radius 1 is 1.39 bits per heavy atom. The fourth-order valence-electron chi connectivity index (χ4n) is 2.03. The highest BCUT2D eigenvalue weighted by Gasteiger charge is 2.18. The first-order valence-corrected chi connectivity index (χ1v) is 7.34. The van der Waals surface area contributed by atoms with Crippen LogP contribution in [-0.4, -0.2) is 34.9 Å². The van der Waals surface area contributed by atoms with E-state index in [0.29, 0.717) is 11.7 Å². The van der Waals surface area contributed by atoms with Crippen molar-refractivity contribution < 1.29 is 9.18 Å². The van der Waals surface area contributed by atoms with Crippen LogP contribution < -0.4 is 0 Å². The molecular formula is C14H18FNOS. The van der Waals surface area contributed by atoms with Gasteiger partial charge < -0.3 is 4.90 Å². The second-order valence-electron chi connectivity index (χ2n) is 4.65. The van der Waals surface area contributed by atoms with E-state index in [2.05, 4.69) is 6.92 Å². The Labute approximate surface area is 112 Å². The van der Waals surface area contributed by atoms with Gasteiger partial charge in [0.25, 0.3) is 0 Å². The fourth-order valence-corrected chi connectivity index (χ4v) is 3.04. The van der Waals surface area contributed by atoms with Crippen molar-refractivity contribution in [1.29, 1.82) is 0 Å². The molecule has 1 fully saturated rings. The lowest BCUT2D eigenvalue weighted by molar-refractivity contribution is -0.130. The van der Waals surface area contributed by atoms with Gasteiger partial charge >= 0.3 is 0 Å². The number of hydrogen-bond donors (Lipinski definition) is 0. The summed E-state index contributed by atoms with van der Waals surface area (Å²) in [5.74, 6) is 0.901. The second-order valence-corrected chi connectivity index (χ2v) is 6.20.